The molecule has 0 saturated heterocycles. The first-order chi connectivity index (χ1) is 15.1. The number of nitrogens with zero attached hydrogens (tertiary/aromatic N) is 3. The smallest absolute Gasteiger partial charge is 0.231 e. The van der Waals surface area contributed by atoms with E-state index in [1.807, 2.05) is 43.3 Å². The molecule has 0 unspecified atom stereocenters. The molecule has 2 aliphatic heterocycles. The predicted molar refractivity (Wildman–Crippen MR) is 116 cm³/mol. The maximum atomic E-state index is 12.7. The number of fused-ring (bicyclic) bond motifs is 3. The van der Waals surface area contributed by atoms with Gasteiger partial charge in [0, 0.05) is 17.9 Å². The maximum absolute atomic E-state index is 12.7. The van der Waals surface area contributed by atoms with Crippen LogP contribution in [0.5, 0.6) is 17.2 Å². The molecule has 2 aliphatic rings. The van der Waals surface area contributed by atoms with Crippen molar-refractivity contribution in [1.82, 2.24) is 14.8 Å². The molecule has 9 heteroatoms. The molecule has 31 heavy (non-hydrogen) atoms. The molecule has 0 bridgehead atoms. The molecule has 0 aliphatic carbocycles. The predicted octanol–water partition coefficient (Wildman–Crippen LogP) is 4.00. The summed E-state index contributed by atoms with van der Waals surface area (Å²) in [6.07, 6.45) is 0.343. The molecule has 0 radical (unpaired) electrons. The Hall–Kier alpha value is -3.59. The SMILES string of the molecule is COc1ccc2nc(-n3nc(C)c4c3NC(=O)C[C@@H]4c3ccc4c(c3)OCO4)sc2c1. The average Bonchev–Trinajstić information content (AvgIpc) is 3.48. The number of methoxy groups -OCH3 is 1. The lowest BCUT2D eigenvalue weighted by atomic mass is 9.85. The van der Waals surface area contributed by atoms with Gasteiger partial charge in [0.2, 0.25) is 17.8 Å². The molecule has 2 aromatic heterocycles. The first kappa shape index (κ1) is 18.2. The largest absolute Gasteiger partial charge is 0.497 e. The van der Waals surface area contributed by atoms with Crippen LogP contribution >= 0.6 is 11.3 Å². The summed E-state index contributed by atoms with van der Waals surface area (Å²) in [5, 5.41) is 8.45. The van der Waals surface area contributed by atoms with Gasteiger partial charge in [-0.05, 0) is 42.8 Å². The van der Waals surface area contributed by atoms with E-state index in [0.717, 1.165) is 38.5 Å². The highest BCUT2D eigenvalue weighted by atomic mass is 32.1. The number of ether oxygens (including phenoxy) is 3. The normalized spacial score (nSPS) is 17.0. The van der Waals surface area contributed by atoms with E-state index in [1.54, 1.807) is 11.8 Å². The number of hydrogen-bond donors (Lipinski definition) is 1. The number of aromatic nitrogens is 3. The quantitative estimate of drug-likeness (QED) is 0.524. The second kappa shape index (κ2) is 6.71. The summed E-state index contributed by atoms with van der Waals surface area (Å²) in [4.78, 5) is 17.4. The Balaban J connectivity index is 1.47. The third-order valence-electron chi connectivity index (χ3n) is 5.67. The van der Waals surface area contributed by atoms with Crippen molar-refractivity contribution in [2.24, 2.45) is 0 Å². The average molecular weight is 434 g/mol. The molecule has 0 saturated carbocycles. The van der Waals surface area contributed by atoms with Crippen molar-refractivity contribution in [3.05, 3.63) is 53.2 Å². The van der Waals surface area contributed by atoms with Gasteiger partial charge in [-0.2, -0.15) is 9.78 Å². The van der Waals surface area contributed by atoms with Crippen molar-refractivity contribution in [3.63, 3.8) is 0 Å². The number of aryl methyl sites for hydroxylation is 1. The van der Waals surface area contributed by atoms with E-state index in [-0.39, 0.29) is 18.6 Å². The molecule has 1 amide bonds. The fourth-order valence-corrected chi connectivity index (χ4v) is 5.16. The number of anilines is 1. The molecule has 0 fully saturated rings. The third-order valence-corrected chi connectivity index (χ3v) is 6.66. The molecular weight excluding hydrogens is 416 g/mol. The number of benzene rings is 2. The molecular formula is C22H18N4O4S. The number of nitrogens with one attached hydrogen (secondary N) is 1. The van der Waals surface area contributed by atoms with E-state index in [4.69, 9.17) is 24.3 Å². The molecule has 2 aromatic carbocycles. The van der Waals surface area contributed by atoms with E-state index in [2.05, 4.69) is 5.32 Å². The van der Waals surface area contributed by atoms with Gasteiger partial charge >= 0.3 is 0 Å². The van der Waals surface area contributed by atoms with Crippen molar-refractivity contribution in [2.45, 2.75) is 19.3 Å². The van der Waals surface area contributed by atoms with Gasteiger partial charge in [-0.15, -0.1) is 0 Å². The minimum absolute atomic E-state index is 0.0564. The first-order valence-corrected chi connectivity index (χ1v) is 10.7. The van der Waals surface area contributed by atoms with Crippen LogP contribution in [0.2, 0.25) is 0 Å². The van der Waals surface area contributed by atoms with Crippen LogP contribution in [0, 0.1) is 6.92 Å². The number of thiazole rings is 1. The number of carbonyl (C=O) groups excluding carboxylic acids is 1. The molecule has 156 valence electrons. The Morgan fingerprint density at radius 1 is 1.19 bits per heavy atom. The lowest BCUT2D eigenvalue weighted by Crippen LogP contribution is -2.24. The Bertz CT molecular complexity index is 1360. The molecule has 4 heterocycles. The van der Waals surface area contributed by atoms with Crippen LogP contribution in [0.4, 0.5) is 5.82 Å². The van der Waals surface area contributed by atoms with Gasteiger partial charge in [0.1, 0.15) is 11.6 Å². The lowest BCUT2D eigenvalue weighted by Gasteiger charge is -2.24. The van der Waals surface area contributed by atoms with Crippen LogP contribution < -0.4 is 19.5 Å². The second-order valence-electron chi connectivity index (χ2n) is 7.51. The van der Waals surface area contributed by atoms with Crippen LogP contribution in [-0.2, 0) is 4.79 Å². The van der Waals surface area contributed by atoms with Gasteiger partial charge in [-0.3, -0.25) is 4.79 Å². The summed E-state index contributed by atoms with van der Waals surface area (Å²) in [6.45, 7) is 2.18. The van der Waals surface area contributed by atoms with Gasteiger partial charge < -0.3 is 19.5 Å². The highest BCUT2D eigenvalue weighted by Crippen LogP contribution is 2.43. The van der Waals surface area contributed by atoms with Gasteiger partial charge in [-0.25, -0.2) is 4.98 Å². The zero-order chi connectivity index (χ0) is 21.1. The summed E-state index contributed by atoms with van der Waals surface area (Å²) in [5.74, 6) is 2.69. The Morgan fingerprint density at radius 3 is 2.94 bits per heavy atom. The second-order valence-corrected chi connectivity index (χ2v) is 8.52. The summed E-state index contributed by atoms with van der Waals surface area (Å²) in [6, 6.07) is 11.6. The van der Waals surface area contributed by atoms with Gasteiger partial charge in [0.15, 0.2) is 11.5 Å². The van der Waals surface area contributed by atoms with Crippen LogP contribution in [-0.4, -0.2) is 34.6 Å². The molecule has 4 aromatic rings. The lowest BCUT2D eigenvalue weighted by molar-refractivity contribution is -0.116. The van der Waals surface area contributed by atoms with Gasteiger partial charge in [0.25, 0.3) is 0 Å². The van der Waals surface area contributed by atoms with E-state index in [0.29, 0.717) is 23.1 Å². The van der Waals surface area contributed by atoms with Crippen molar-refractivity contribution in [2.75, 3.05) is 19.2 Å². The summed E-state index contributed by atoms with van der Waals surface area (Å²) < 4.78 is 19.0. The number of hydrogen-bond acceptors (Lipinski definition) is 7. The maximum Gasteiger partial charge on any atom is 0.231 e. The van der Waals surface area contributed by atoms with Gasteiger partial charge in [-0.1, -0.05) is 17.4 Å². The Labute approximate surface area is 181 Å². The summed E-state index contributed by atoms with van der Waals surface area (Å²) in [5.41, 5.74) is 3.71. The van der Waals surface area contributed by atoms with Crippen molar-refractivity contribution < 1.29 is 19.0 Å². The van der Waals surface area contributed by atoms with Gasteiger partial charge in [0.05, 0.1) is 23.0 Å². The van der Waals surface area contributed by atoms with Crippen molar-refractivity contribution >= 4 is 33.3 Å². The van der Waals surface area contributed by atoms with Crippen molar-refractivity contribution in [3.8, 4) is 22.4 Å². The van der Waals surface area contributed by atoms with E-state index < -0.39 is 0 Å². The summed E-state index contributed by atoms with van der Waals surface area (Å²) >= 11 is 1.50. The molecule has 6 rings (SSSR count). The third kappa shape index (κ3) is 2.84. The minimum Gasteiger partial charge on any atom is -0.497 e. The number of rotatable bonds is 3. The number of carbonyl (C=O) groups is 1. The van der Waals surface area contributed by atoms with Crippen molar-refractivity contribution in [1.29, 1.82) is 0 Å². The summed E-state index contributed by atoms with van der Waals surface area (Å²) in [7, 11) is 1.64. The van der Waals surface area contributed by atoms with Crippen LogP contribution in [0.15, 0.2) is 36.4 Å². The monoisotopic (exact) mass is 434 g/mol. The molecule has 0 spiro atoms. The number of amides is 1. The van der Waals surface area contributed by atoms with Crippen LogP contribution in [0.3, 0.4) is 0 Å². The molecule has 1 N–H and O–H groups in total. The first-order valence-electron chi connectivity index (χ1n) is 9.84. The Kier molecular flexibility index (Phi) is 3.94. The standard InChI is InChI=1S/C22H18N4O4S/c1-11-20-14(12-3-6-16-17(7-12)30-10-29-16)9-19(27)24-21(20)26(25-11)22-23-15-5-4-13(28-2)8-18(15)31-22/h3-8,14H,9-10H2,1-2H3,(H,24,27)/t14-/m1/s1. The van der Waals surface area contributed by atoms with E-state index in [9.17, 15) is 4.79 Å². The van der Waals surface area contributed by atoms with E-state index >= 15 is 0 Å². The zero-order valence-corrected chi connectivity index (χ0v) is 17.7. The van der Waals surface area contributed by atoms with E-state index in [1.165, 1.54) is 11.3 Å². The zero-order valence-electron chi connectivity index (χ0n) is 16.8. The fourth-order valence-electron chi connectivity index (χ4n) is 4.21. The highest BCUT2D eigenvalue weighted by Gasteiger charge is 2.34. The topological polar surface area (TPSA) is 87.5 Å². The highest BCUT2D eigenvalue weighted by molar-refractivity contribution is 7.20. The van der Waals surface area contributed by atoms with Crippen LogP contribution in [0.25, 0.3) is 15.3 Å². The fraction of sp³-hybridized carbons (Fsp3) is 0.227. The minimum atomic E-state index is -0.124. The Morgan fingerprint density at radius 2 is 2.06 bits per heavy atom. The molecule has 8 nitrogen and oxygen atoms in total. The molecule has 1 atom stereocenters. The van der Waals surface area contributed by atoms with Crippen LogP contribution in [0.1, 0.15) is 29.2 Å².